The van der Waals surface area contributed by atoms with Gasteiger partial charge >= 0.3 is 5.69 Å². The van der Waals surface area contributed by atoms with E-state index in [1.807, 2.05) is 12.1 Å². The summed E-state index contributed by atoms with van der Waals surface area (Å²) in [6.07, 6.45) is 5.87. The first-order chi connectivity index (χ1) is 8.84. The van der Waals surface area contributed by atoms with Crippen LogP contribution in [0.3, 0.4) is 0 Å². The largest absolute Gasteiger partial charge is 0.330 e. The maximum Gasteiger partial charge on any atom is 0.330 e. The zero-order valence-electron chi connectivity index (χ0n) is 10.2. The van der Waals surface area contributed by atoms with Crippen molar-refractivity contribution in [3.8, 4) is 5.69 Å². The second-order valence-electron chi connectivity index (χ2n) is 4.77. The maximum absolute atomic E-state index is 11.6. The zero-order chi connectivity index (χ0) is 12.4. The molecule has 1 aliphatic heterocycles. The van der Waals surface area contributed by atoms with Crippen molar-refractivity contribution >= 4 is 0 Å². The van der Waals surface area contributed by atoms with Crippen LogP contribution in [0.15, 0.2) is 41.5 Å². The molecule has 94 valence electrons. The molecule has 1 unspecified atom stereocenters. The lowest BCUT2D eigenvalue weighted by Gasteiger charge is -2.23. The number of piperidine rings is 1. The number of nitrogens with one attached hydrogen (secondary N) is 2. The Hall–Kier alpha value is -1.81. The topological polar surface area (TPSA) is 49.8 Å². The summed E-state index contributed by atoms with van der Waals surface area (Å²) in [7, 11) is 0. The Balaban J connectivity index is 1.94. The number of H-pyrrole nitrogens is 1. The summed E-state index contributed by atoms with van der Waals surface area (Å²) in [6.45, 7) is 2.15. The predicted octanol–water partition coefficient (Wildman–Crippen LogP) is 1.63. The molecule has 0 radical (unpaired) electrons. The van der Waals surface area contributed by atoms with Gasteiger partial charge in [0.2, 0.25) is 0 Å². The van der Waals surface area contributed by atoms with E-state index < -0.39 is 0 Å². The molecule has 2 N–H and O–H groups in total. The van der Waals surface area contributed by atoms with Gasteiger partial charge in [-0.2, -0.15) is 0 Å². The second-order valence-corrected chi connectivity index (χ2v) is 4.77. The van der Waals surface area contributed by atoms with Gasteiger partial charge in [-0.1, -0.05) is 12.1 Å². The fraction of sp³-hybridized carbons (Fsp3) is 0.357. The van der Waals surface area contributed by atoms with Crippen LogP contribution < -0.4 is 11.0 Å². The van der Waals surface area contributed by atoms with Gasteiger partial charge in [0.1, 0.15) is 0 Å². The molecular weight excluding hydrogens is 226 g/mol. The van der Waals surface area contributed by atoms with E-state index in [2.05, 4.69) is 22.4 Å². The summed E-state index contributed by atoms with van der Waals surface area (Å²) in [5.41, 5.74) is 2.16. The molecule has 1 aromatic carbocycles. The van der Waals surface area contributed by atoms with E-state index in [9.17, 15) is 4.79 Å². The number of imidazole rings is 1. The summed E-state index contributed by atoms with van der Waals surface area (Å²) in [4.78, 5) is 14.3. The van der Waals surface area contributed by atoms with Crippen molar-refractivity contribution < 1.29 is 0 Å². The van der Waals surface area contributed by atoms with Crippen LogP contribution in [0.5, 0.6) is 0 Å². The van der Waals surface area contributed by atoms with Gasteiger partial charge < -0.3 is 10.3 Å². The van der Waals surface area contributed by atoms with E-state index in [4.69, 9.17) is 0 Å². The highest BCUT2D eigenvalue weighted by atomic mass is 16.1. The van der Waals surface area contributed by atoms with E-state index in [-0.39, 0.29) is 5.69 Å². The minimum Gasteiger partial charge on any atom is -0.316 e. The van der Waals surface area contributed by atoms with Crippen LogP contribution in [0.1, 0.15) is 24.3 Å². The van der Waals surface area contributed by atoms with Crippen molar-refractivity contribution in [3.63, 3.8) is 0 Å². The number of aromatic amines is 1. The highest BCUT2D eigenvalue weighted by molar-refractivity contribution is 5.37. The van der Waals surface area contributed by atoms with Crippen molar-refractivity contribution in [2.24, 2.45) is 0 Å². The molecule has 0 spiro atoms. The van der Waals surface area contributed by atoms with E-state index in [0.29, 0.717) is 5.92 Å². The Morgan fingerprint density at radius 3 is 3.00 bits per heavy atom. The third-order valence-corrected chi connectivity index (χ3v) is 3.57. The van der Waals surface area contributed by atoms with Crippen LogP contribution in [0.25, 0.3) is 5.69 Å². The Morgan fingerprint density at radius 2 is 2.28 bits per heavy atom. The number of nitrogens with zero attached hydrogens (tertiary/aromatic N) is 1. The lowest BCUT2D eigenvalue weighted by Crippen LogP contribution is -2.28. The summed E-state index contributed by atoms with van der Waals surface area (Å²) < 4.78 is 1.64. The van der Waals surface area contributed by atoms with Gasteiger partial charge in [-0.15, -0.1) is 0 Å². The summed E-state index contributed by atoms with van der Waals surface area (Å²) >= 11 is 0. The number of aromatic nitrogens is 2. The first-order valence-corrected chi connectivity index (χ1v) is 6.42. The van der Waals surface area contributed by atoms with Gasteiger partial charge in [-0.25, -0.2) is 4.79 Å². The molecule has 0 bridgehead atoms. The Kier molecular flexibility index (Phi) is 3.02. The molecule has 3 rings (SSSR count). The van der Waals surface area contributed by atoms with Gasteiger partial charge in [0.05, 0.1) is 5.69 Å². The molecule has 0 saturated carbocycles. The smallest absolute Gasteiger partial charge is 0.316 e. The molecule has 4 heteroatoms. The molecule has 1 saturated heterocycles. The van der Waals surface area contributed by atoms with Gasteiger partial charge in [-0.05, 0) is 43.0 Å². The lowest BCUT2D eigenvalue weighted by molar-refractivity contribution is 0.461. The third-order valence-electron chi connectivity index (χ3n) is 3.57. The van der Waals surface area contributed by atoms with Crippen LogP contribution in [0.4, 0.5) is 0 Å². The number of rotatable bonds is 2. The summed E-state index contributed by atoms with van der Waals surface area (Å²) in [6, 6.07) is 8.26. The van der Waals surface area contributed by atoms with Crippen molar-refractivity contribution in [1.29, 1.82) is 0 Å². The monoisotopic (exact) mass is 243 g/mol. The zero-order valence-corrected chi connectivity index (χ0v) is 10.2. The van der Waals surface area contributed by atoms with Crippen LogP contribution >= 0.6 is 0 Å². The normalized spacial score (nSPS) is 19.9. The molecule has 0 amide bonds. The van der Waals surface area contributed by atoms with Gasteiger partial charge in [-0.3, -0.25) is 4.57 Å². The quantitative estimate of drug-likeness (QED) is 0.842. The summed E-state index contributed by atoms with van der Waals surface area (Å²) in [5, 5.41) is 3.42. The van der Waals surface area contributed by atoms with E-state index in [0.717, 1.165) is 18.8 Å². The molecule has 1 fully saturated rings. The van der Waals surface area contributed by atoms with Crippen molar-refractivity contribution in [2.45, 2.75) is 18.8 Å². The standard InChI is InChI=1S/C14H17N3O/c18-14-16-7-8-17(14)13-5-1-3-11(9-13)12-4-2-6-15-10-12/h1,3,5,7-9,12,15H,2,4,6,10H2,(H,16,18). The highest BCUT2D eigenvalue weighted by Gasteiger charge is 2.15. The molecule has 0 aliphatic carbocycles. The van der Waals surface area contributed by atoms with Crippen LogP contribution in [-0.2, 0) is 0 Å². The van der Waals surface area contributed by atoms with Gasteiger partial charge in [0, 0.05) is 18.9 Å². The van der Waals surface area contributed by atoms with Crippen LogP contribution in [-0.4, -0.2) is 22.6 Å². The molecule has 1 atom stereocenters. The molecule has 2 aromatic rings. The third kappa shape index (κ3) is 2.11. The number of hydrogen-bond acceptors (Lipinski definition) is 2. The van der Waals surface area contributed by atoms with E-state index in [1.54, 1.807) is 17.0 Å². The lowest BCUT2D eigenvalue weighted by atomic mass is 9.91. The van der Waals surface area contributed by atoms with E-state index in [1.165, 1.54) is 18.4 Å². The Morgan fingerprint density at radius 1 is 1.33 bits per heavy atom. The Labute approximate surface area is 106 Å². The molecular formula is C14H17N3O. The van der Waals surface area contributed by atoms with Crippen LogP contribution in [0.2, 0.25) is 0 Å². The molecule has 1 aromatic heterocycles. The number of hydrogen-bond donors (Lipinski definition) is 2. The molecule has 4 nitrogen and oxygen atoms in total. The van der Waals surface area contributed by atoms with E-state index >= 15 is 0 Å². The minimum atomic E-state index is -0.0890. The second kappa shape index (κ2) is 4.82. The SMILES string of the molecule is O=c1[nH]ccn1-c1cccc(C2CCCNC2)c1. The van der Waals surface area contributed by atoms with Crippen molar-refractivity contribution in [3.05, 3.63) is 52.7 Å². The first-order valence-electron chi connectivity index (χ1n) is 6.42. The van der Waals surface area contributed by atoms with Gasteiger partial charge in [0.25, 0.3) is 0 Å². The Bertz CT molecular complexity index is 578. The first kappa shape index (κ1) is 11.3. The van der Waals surface area contributed by atoms with Gasteiger partial charge in [0.15, 0.2) is 0 Å². The average molecular weight is 243 g/mol. The fourth-order valence-electron chi connectivity index (χ4n) is 2.59. The molecule has 18 heavy (non-hydrogen) atoms. The number of benzene rings is 1. The molecule has 2 heterocycles. The minimum absolute atomic E-state index is 0.0890. The summed E-state index contributed by atoms with van der Waals surface area (Å²) in [5.74, 6) is 0.563. The molecule has 1 aliphatic rings. The highest BCUT2D eigenvalue weighted by Crippen LogP contribution is 2.24. The average Bonchev–Trinajstić information content (AvgIpc) is 2.86. The van der Waals surface area contributed by atoms with Crippen molar-refractivity contribution in [2.75, 3.05) is 13.1 Å². The van der Waals surface area contributed by atoms with Crippen LogP contribution in [0, 0.1) is 0 Å². The fourth-order valence-corrected chi connectivity index (χ4v) is 2.59. The maximum atomic E-state index is 11.6. The van der Waals surface area contributed by atoms with Crippen molar-refractivity contribution in [1.82, 2.24) is 14.9 Å². The predicted molar refractivity (Wildman–Crippen MR) is 71.2 cm³/mol.